The van der Waals surface area contributed by atoms with Crippen molar-refractivity contribution in [3.8, 4) is 0 Å². The molecule has 89 heavy (non-hydrogen) atoms. The molecule has 0 saturated carbocycles. The number of phosphoric ester groups is 1. The minimum absolute atomic E-state index is 0.0534. The first-order valence-electron chi connectivity index (χ1n) is 38.4. The van der Waals surface area contributed by atoms with Crippen molar-refractivity contribution in [2.24, 2.45) is 5.73 Å². The van der Waals surface area contributed by atoms with Crippen LogP contribution in [0.5, 0.6) is 0 Å². The van der Waals surface area contributed by atoms with Crippen LogP contribution in [-0.4, -0.2) is 49.3 Å². The van der Waals surface area contributed by atoms with Crippen LogP contribution in [0.15, 0.2) is 72.9 Å². The summed E-state index contributed by atoms with van der Waals surface area (Å²) < 4.78 is 33.2. The summed E-state index contributed by atoms with van der Waals surface area (Å²) in [7, 11) is -4.40. The number of hydrogen-bond acceptors (Lipinski definition) is 8. The zero-order valence-corrected chi connectivity index (χ0v) is 59.6. The van der Waals surface area contributed by atoms with Gasteiger partial charge in [-0.05, 0) is 89.9 Å². The zero-order valence-electron chi connectivity index (χ0n) is 58.7. The Morgan fingerprint density at radius 3 is 0.865 bits per heavy atom. The van der Waals surface area contributed by atoms with E-state index in [0.717, 1.165) is 57.8 Å². The van der Waals surface area contributed by atoms with Crippen LogP contribution in [0, 0.1) is 0 Å². The molecule has 10 heteroatoms. The molecule has 0 aromatic carbocycles. The Labute approximate surface area is 552 Å². The molecular weight excluding hydrogens is 1120 g/mol. The van der Waals surface area contributed by atoms with Crippen LogP contribution in [0.2, 0.25) is 0 Å². The van der Waals surface area contributed by atoms with Gasteiger partial charge in [-0.15, -0.1) is 0 Å². The van der Waals surface area contributed by atoms with Gasteiger partial charge in [0.1, 0.15) is 6.61 Å². The van der Waals surface area contributed by atoms with Crippen molar-refractivity contribution in [1.29, 1.82) is 0 Å². The van der Waals surface area contributed by atoms with Gasteiger partial charge in [-0.1, -0.05) is 356 Å². The topological polar surface area (TPSA) is 134 Å². The van der Waals surface area contributed by atoms with Crippen molar-refractivity contribution in [3.63, 3.8) is 0 Å². The van der Waals surface area contributed by atoms with Gasteiger partial charge in [-0.3, -0.25) is 18.6 Å². The average molecular weight is 1270 g/mol. The highest BCUT2D eigenvalue weighted by Gasteiger charge is 2.26. The van der Waals surface area contributed by atoms with E-state index in [9.17, 15) is 19.0 Å². The third-order valence-corrected chi connectivity index (χ3v) is 18.0. The number of rotatable bonds is 73. The minimum atomic E-state index is -4.40. The fourth-order valence-corrected chi connectivity index (χ4v) is 12.1. The molecule has 3 N–H and O–H groups in total. The summed E-state index contributed by atoms with van der Waals surface area (Å²) in [5.41, 5.74) is 5.41. The van der Waals surface area contributed by atoms with Crippen molar-refractivity contribution in [2.75, 3.05) is 26.4 Å². The third-order valence-electron chi connectivity index (χ3n) is 17.1. The Morgan fingerprint density at radius 2 is 0.584 bits per heavy atom. The van der Waals surface area contributed by atoms with Gasteiger partial charge in [0.2, 0.25) is 0 Å². The number of ether oxygens (including phenoxy) is 2. The Kier molecular flexibility index (Phi) is 72.4. The Hall–Kier alpha value is -2.55. The van der Waals surface area contributed by atoms with Crippen LogP contribution in [0.1, 0.15) is 386 Å². The fourth-order valence-electron chi connectivity index (χ4n) is 11.4. The van der Waals surface area contributed by atoms with Crippen LogP contribution < -0.4 is 5.73 Å². The third kappa shape index (κ3) is 74.4. The van der Waals surface area contributed by atoms with Crippen LogP contribution in [0.4, 0.5) is 0 Å². The molecule has 0 rings (SSSR count). The van der Waals surface area contributed by atoms with Gasteiger partial charge in [-0.2, -0.15) is 0 Å². The van der Waals surface area contributed by atoms with E-state index in [-0.39, 0.29) is 38.6 Å². The summed E-state index contributed by atoms with van der Waals surface area (Å²) in [4.78, 5) is 35.4. The van der Waals surface area contributed by atoms with Crippen molar-refractivity contribution < 1.29 is 37.6 Å². The summed E-state index contributed by atoms with van der Waals surface area (Å²) in [5.74, 6) is -0.813. The molecule has 2 atom stereocenters. The molecule has 0 spiro atoms. The maximum absolute atomic E-state index is 12.8. The Balaban J connectivity index is 3.78. The average Bonchev–Trinajstić information content (AvgIpc) is 3.58. The molecule has 0 aromatic heterocycles. The van der Waals surface area contributed by atoms with Gasteiger partial charge in [0.15, 0.2) is 6.10 Å². The van der Waals surface area contributed by atoms with Crippen molar-refractivity contribution in [1.82, 2.24) is 0 Å². The number of nitrogens with two attached hydrogens (primary N) is 1. The number of unbranched alkanes of at least 4 members (excludes halogenated alkanes) is 48. The predicted molar refractivity (Wildman–Crippen MR) is 386 cm³/mol. The lowest BCUT2D eigenvalue weighted by Gasteiger charge is -2.19. The van der Waals surface area contributed by atoms with Crippen LogP contribution >= 0.6 is 7.82 Å². The molecule has 0 saturated heterocycles. The molecule has 2 unspecified atom stereocenters. The van der Waals surface area contributed by atoms with E-state index in [4.69, 9.17) is 24.3 Å². The first-order valence-corrected chi connectivity index (χ1v) is 39.9. The Morgan fingerprint density at radius 1 is 0.337 bits per heavy atom. The van der Waals surface area contributed by atoms with Gasteiger partial charge in [0, 0.05) is 19.4 Å². The van der Waals surface area contributed by atoms with E-state index in [1.165, 1.54) is 295 Å². The van der Waals surface area contributed by atoms with Gasteiger partial charge in [0.25, 0.3) is 0 Å². The fraction of sp³-hybridized carbons (Fsp3) is 0.823. The first kappa shape index (κ1) is 86.5. The van der Waals surface area contributed by atoms with Crippen LogP contribution in [0.3, 0.4) is 0 Å². The maximum Gasteiger partial charge on any atom is 0.472 e. The SMILES string of the molecule is CCCCCCC/C=C\C/C=C\C/C=C\CCCCCCCCCCCCCCCCCCCCCCCCCCCCC(=O)OC(COC(=O)CCCCCCCCCCCCCC/C=C\C/C=C\C/C=C\CCCCCCC)COP(=O)(O)OCCN. The molecule has 9 nitrogen and oxygen atoms in total. The maximum atomic E-state index is 12.8. The molecule has 0 amide bonds. The molecule has 0 aliphatic heterocycles. The number of esters is 2. The summed E-state index contributed by atoms with van der Waals surface area (Å²) >= 11 is 0. The van der Waals surface area contributed by atoms with Gasteiger partial charge in [-0.25, -0.2) is 4.57 Å². The predicted octanol–water partition coefficient (Wildman–Crippen LogP) is 25.5. The molecule has 0 fully saturated rings. The second-order valence-electron chi connectivity index (χ2n) is 25.9. The quantitative estimate of drug-likeness (QED) is 0.0264. The van der Waals surface area contributed by atoms with Crippen molar-refractivity contribution >= 4 is 19.8 Å². The lowest BCUT2D eigenvalue weighted by molar-refractivity contribution is -0.161. The number of phosphoric acid groups is 1. The molecule has 0 aliphatic carbocycles. The molecule has 0 bridgehead atoms. The van der Waals surface area contributed by atoms with E-state index in [1.807, 2.05) is 0 Å². The summed E-state index contributed by atoms with van der Waals surface area (Å²) in [6.07, 6.45) is 98.9. The summed E-state index contributed by atoms with van der Waals surface area (Å²) in [5, 5.41) is 0. The van der Waals surface area contributed by atoms with Gasteiger partial charge in [0.05, 0.1) is 13.2 Å². The highest BCUT2D eigenvalue weighted by Crippen LogP contribution is 2.43. The lowest BCUT2D eigenvalue weighted by Crippen LogP contribution is -2.29. The monoisotopic (exact) mass is 1270 g/mol. The smallest absolute Gasteiger partial charge is 0.462 e. The standard InChI is InChI=1S/C79H146NO8P/c1-3-5-7-9-11-13-15-17-19-21-23-25-27-29-31-32-33-34-35-36-37-38-39-40-41-42-43-44-46-48-50-52-54-56-58-60-62-64-66-68-70-72-79(82)88-77(76-87-89(83,84)86-74-73-80)75-85-78(81)71-69-67-65-63-61-59-57-55-53-51-49-47-45-30-28-26-24-22-20-18-16-14-12-10-8-6-4-2/h15-18,21-24,27-30,77H,3-14,19-20,25-26,31-76,80H2,1-2H3,(H,83,84)/b17-15-,18-16-,23-21-,24-22-,29-27-,30-28-. The highest BCUT2D eigenvalue weighted by atomic mass is 31.2. The number of carbonyl (C=O) groups is 2. The van der Waals surface area contributed by atoms with Crippen molar-refractivity contribution in [3.05, 3.63) is 72.9 Å². The highest BCUT2D eigenvalue weighted by molar-refractivity contribution is 7.47. The molecule has 520 valence electrons. The number of hydrogen-bond donors (Lipinski definition) is 2. The number of allylic oxidation sites excluding steroid dienone is 12. The van der Waals surface area contributed by atoms with E-state index >= 15 is 0 Å². The molecule has 0 radical (unpaired) electrons. The second kappa shape index (κ2) is 74.5. The normalized spacial score (nSPS) is 13.3. The van der Waals surface area contributed by atoms with Gasteiger partial charge >= 0.3 is 19.8 Å². The van der Waals surface area contributed by atoms with Crippen LogP contribution in [-0.2, 0) is 32.7 Å². The summed E-state index contributed by atoms with van der Waals surface area (Å²) in [6.45, 7) is 3.78. The first-order chi connectivity index (χ1) is 43.8. The van der Waals surface area contributed by atoms with E-state index < -0.39 is 26.5 Å². The molecule has 0 aromatic rings. The largest absolute Gasteiger partial charge is 0.472 e. The molecular formula is C79H146NO8P. The molecule has 0 heterocycles. The molecule has 0 aliphatic rings. The Bertz CT molecular complexity index is 1690. The summed E-state index contributed by atoms with van der Waals surface area (Å²) in [6, 6.07) is 0. The van der Waals surface area contributed by atoms with E-state index in [1.54, 1.807) is 0 Å². The number of carbonyl (C=O) groups excluding carboxylic acids is 2. The zero-order chi connectivity index (χ0) is 64.4. The van der Waals surface area contributed by atoms with Gasteiger partial charge < -0.3 is 20.1 Å². The van der Waals surface area contributed by atoms with E-state index in [0.29, 0.717) is 6.42 Å². The second-order valence-corrected chi connectivity index (χ2v) is 27.3. The lowest BCUT2D eigenvalue weighted by atomic mass is 10.0. The van der Waals surface area contributed by atoms with Crippen LogP contribution in [0.25, 0.3) is 0 Å². The van der Waals surface area contributed by atoms with E-state index in [2.05, 4.69) is 86.8 Å². The minimum Gasteiger partial charge on any atom is -0.462 e. The van der Waals surface area contributed by atoms with Crippen molar-refractivity contribution in [2.45, 2.75) is 392 Å².